The molecule has 0 saturated carbocycles. The van der Waals surface area contributed by atoms with Gasteiger partial charge in [-0.05, 0) is 47.2 Å². The smallest absolute Gasteiger partial charge is 0.271 e. The molecule has 0 unspecified atom stereocenters. The van der Waals surface area contributed by atoms with Crippen LogP contribution in [0, 0.1) is 10.1 Å². The van der Waals surface area contributed by atoms with Gasteiger partial charge in [0.1, 0.15) is 12.4 Å². The number of thiazole rings is 1. The number of nitro benzene ring substituents is 1. The Hall–Kier alpha value is -5.08. The quantitative estimate of drug-likeness (QED) is 0.190. The van der Waals surface area contributed by atoms with Crippen LogP contribution in [-0.4, -0.2) is 9.49 Å². The zero-order chi connectivity index (χ0) is 28.6. The SMILES string of the molecule is O=c1/c(=C\c2ccccc2OCc2ccccc2)sc2n1[C@@H](c1cccc([N+](=O)[O-])c1)C1=C(N=2)c2ccccc2CC1. The molecule has 4 aromatic carbocycles. The minimum Gasteiger partial charge on any atom is -0.488 e. The van der Waals surface area contributed by atoms with Crippen LogP contribution in [-0.2, 0) is 13.0 Å². The molecule has 0 amide bonds. The first-order chi connectivity index (χ1) is 20.6. The second-order valence-electron chi connectivity index (χ2n) is 10.3. The number of aromatic nitrogens is 1. The van der Waals surface area contributed by atoms with Gasteiger partial charge in [0, 0.05) is 23.3 Å². The van der Waals surface area contributed by atoms with Crippen LogP contribution in [0.15, 0.2) is 118 Å². The van der Waals surface area contributed by atoms with Gasteiger partial charge in [-0.1, -0.05) is 96.3 Å². The van der Waals surface area contributed by atoms with Gasteiger partial charge in [0.2, 0.25) is 0 Å². The van der Waals surface area contributed by atoms with Gasteiger partial charge >= 0.3 is 0 Å². The first-order valence-corrected chi connectivity index (χ1v) is 14.5. The maximum absolute atomic E-state index is 14.1. The highest BCUT2D eigenvalue weighted by atomic mass is 32.1. The predicted molar refractivity (Wildman–Crippen MR) is 163 cm³/mol. The van der Waals surface area contributed by atoms with Gasteiger partial charge in [0.25, 0.3) is 11.2 Å². The number of para-hydroxylation sites is 1. The fourth-order valence-electron chi connectivity index (χ4n) is 5.74. The summed E-state index contributed by atoms with van der Waals surface area (Å²) < 4.78 is 8.37. The fourth-order valence-corrected chi connectivity index (χ4v) is 6.73. The molecule has 7 nitrogen and oxygen atoms in total. The largest absolute Gasteiger partial charge is 0.488 e. The van der Waals surface area contributed by atoms with E-state index in [0.29, 0.717) is 33.7 Å². The summed E-state index contributed by atoms with van der Waals surface area (Å²) in [7, 11) is 0. The van der Waals surface area contributed by atoms with Crippen LogP contribution in [0.2, 0.25) is 0 Å². The molecule has 0 saturated heterocycles. The number of nitro groups is 1. The summed E-state index contributed by atoms with van der Waals surface area (Å²) >= 11 is 1.32. The zero-order valence-corrected chi connectivity index (χ0v) is 23.3. The predicted octanol–water partition coefficient (Wildman–Crippen LogP) is 5.81. The molecule has 1 aliphatic heterocycles. The zero-order valence-electron chi connectivity index (χ0n) is 22.5. The number of aryl methyl sites for hydroxylation is 1. The Labute approximate surface area is 245 Å². The number of benzene rings is 4. The molecule has 42 heavy (non-hydrogen) atoms. The van der Waals surface area contributed by atoms with Crippen LogP contribution < -0.4 is 19.6 Å². The Morgan fingerprint density at radius 2 is 1.74 bits per heavy atom. The molecule has 206 valence electrons. The summed E-state index contributed by atoms with van der Waals surface area (Å²) in [6.45, 7) is 0.409. The molecule has 1 atom stereocenters. The fraction of sp³-hybridized carbons (Fsp3) is 0.118. The third-order valence-corrected chi connectivity index (χ3v) is 8.70. The highest BCUT2D eigenvalue weighted by Gasteiger charge is 2.33. The topological polar surface area (TPSA) is 86.7 Å². The summed E-state index contributed by atoms with van der Waals surface area (Å²) in [6.07, 6.45) is 3.38. The molecule has 1 aliphatic carbocycles. The van der Waals surface area contributed by atoms with E-state index < -0.39 is 11.0 Å². The molecule has 2 aliphatic rings. The highest BCUT2D eigenvalue weighted by molar-refractivity contribution is 7.07. The van der Waals surface area contributed by atoms with Gasteiger partial charge in [0.15, 0.2) is 4.80 Å². The van der Waals surface area contributed by atoms with Crippen molar-refractivity contribution >= 4 is 28.8 Å². The number of rotatable bonds is 6. The minimum atomic E-state index is -0.490. The molecule has 1 aromatic heterocycles. The number of non-ortho nitro benzene ring substituents is 1. The molecule has 5 aromatic rings. The lowest BCUT2D eigenvalue weighted by Gasteiger charge is -2.30. The standard InChI is InChI=1S/C34H25N3O4S/c38-33-30(20-24-12-5-7-16-29(24)41-21-22-9-2-1-3-10-22)42-34-35-31-27-15-6-4-11-23(27)17-18-28(31)32(36(33)34)25-13-8-14-26(19-25)37(39)40/h1-16,19-20,32H,17-18,21H2/b30-20+/t32-/m0/s1. The van der Waals surface area contributed by atoms with Crippen molar-refractivity contribution < 1.29 is 9.66 Å². The second-order valence-corrected chi connectivity index (χ2v) is 11.3. The van der Waals surface area contributed by atoms with E-state index in [1.807, 2.05) is 78.9 Å². The van der Waals surface area contributed by atoms with E-state index in [1.54, 1.807) is 16.7 Å². The molecule has 0 radical (unpaired) electrons. The molecule has 8 heteroatoms. The Kier molecular flexibility index (Phi) is 6.60. The van der Waals surface area contributed by atoms with Gasteiger partial charge in [-0.15, -0.1) is 0 Å². The molecule has 0 spiro atoms. The van der Waals surface area contributed by atoms with Crippen LogP contribution in [0.25, 0.3) is 11.8 Å². The normalized spacial score (nSPS) is 15.8. The van der Waals surface area contributed by atoms with Crippen molar-refractivity contribution in [2.24, 2.45) is 4.99 Å². The lowest BCUT2D eigenvalue weighted by Crippen LogP contribution is -2.38. The number of allylic oxidation sites excluding steroid dienone is 1. The number of ether oxygens (including phenoxy) is 1. The van der Waals surface area contributed by atoms with E-state index in [2.05, 4.69) is 12.1 Å². The highest BCUT2D eigenvalue weighted by Crippen LogP contribution is 2.41. The van der Waals surface area contributed by atoms with E-state index in [4.69, 9.17) is 9.73 Å². The van der Waals surface area contributed by atoms with Crippen molar-refractivity contribution in [2.75, 3.05) is 0 Å². The summed E-state index contributed by atoms with van der Waals surface area (Å²) in [5.41, 5.74) is 6.47. The molecule has 7 rings (SSSR count). The molecular weight excluding hydrogens is 546 g/mol. The van der Waals surface area contributed by atoms with Crippen LogP contribution in [0.1, 0.15) is 40.3 Å². The van der Waals surface area contributed by atoms with Gasteiger partial charge < -0.3 is 4.74 Å². The van der Waals surface area contributed by atoms with Crippen LogP contribution in [0.4, 0.5) is 5.69 Å². The maximum Gasteiger partial charge on any atom is 0.271 e. The Morgan fingerprint density at radius 3 is 2.60 bits per heavy atom. The van der Waals surface area contributed by atoms with Crippen molar-refractivity contribution in [2.45, 2.75) is 25.5 Å². The van der Waals surface area contributed by atoms with E-state index in [1.165, 1.54) is 23.0 Å². The monoisotopic (exact) mass is 571 g/mol. The van der Waals surface area contributed by atoms with Crippen LogP contribution in [0.3, 0.4) is 0 Å². The average molecular weight is 572 g/mol. The molecule has 0 N–H and O–H groups in total. The Bertz CT molecular complexity index is 2060. The van der Waals surface area contributed by atoms with Crippen molar-refractivity contribution in [1.82, 2.24) is 4.57 Å². The molecule has 0 fully saturated rings. The van der Waals surface area contributed by atoms with Crippen molar-refractivity contribution in [3.05, 3.63) is 166 Å². The summed E-state index contributed by atoms with van der Waals surface area (Å²) in [6, 6.07) is 31.9. The van der Waals surface area contributed by atoms with E-state index in [0.717, 1.165) is 34.4 Å². The average Bonchev–Trinajstić information content (AvgIpc) is 3.34. The van der Waals surface area contributed by atoms with E-state index in [-0.39, 0.29) is 11.2 Å². The van der Waals surface area contributed by atoms with Crippen molar-refractivity contribution in [1.29, 1.82) is 0 Å². The molecule has 0 bridgehead atoms. The first-order valence-electron chi connectivity index (χ1n) is 13.7. The summed E-state index contributed by atoms with van der Waals surface area (Å²) in [5.74, 6) is 0.677. The second kappa shape index (κ2) is 10.7. The molecular formula is C34H25N3O4S. The number of hydrogen-bond donors (Lipinski definition) is 0. The summed E-state index contributed by atoms with van der Waals surface area (Å²) in [4.78, 5) is 31.0. The Balaban J connectivity index is 1.38. The maximum atomic E-state index is 14.1. The van der Waals surface area contributed by atoms with Gasteiger partial charge in [-0.3, -0.25) is 19.5 Å². The van der Waals surface area contributed by atoms with Crippen LogP contribution in [0.5, 0.6) is 5.75 Å². The van der Waals surface area contributed by atoms with Gasteiger partial charge in [0.05, 0.1) is 21.2 Å². The first kappa shape index (κ1) is 25.9. The third kappa shape index (κ3) is 4.65. The summed E-state index contributed by atoms with van der Waals surface area (Å²) in [5, 5.41) is 11.7. The van der Waals surface area contributed by atoms with E-state index >= 15 is 0 Å². The van der Waals surface area contributed by atoms with Crippen molar-refractivity contribution in [3.63, 3.8) is 0 Å². The van der Waals surface area contributed by atoms with Gasteiger partial charge in [-0.2, -0.15) is 0 Å². The molecule has 2 heterocycles. The number of fused-ring (bicyclic) bond motifs is 3. The number of hydrogen-bond acceptors (Lipinski definition) is 6. The lowest BCUT2D eigenvalue weighted by atomic mass is 9.83. The number of nitrogens with zero attached hydrogens (tertiary/aromatic N) is 3. The lowest BCUT2D eigenvalue weighted by molar-refractivity contribution is -0.384. The Morgan fingerprint density at radius 1 is 0.952 bits per heavy atom. The van der Waals surface area contributed by atoms with E-state index in [9.17, 15) is 14.9 Å². The third-order valence-electron chi connectivity index (χ3n) is 7.71. The van der Waals surface area contributed by atoms with Crippen molar-refractivity contribution in [3.8, 4) is 5.75 Å². The van der Waals surface area contributed by atoms with Crippen LogP contribution >= 0.6 is 11.3 Å². The van der Waals surface area contributed by atoms with Gasteiger partial charge in [-0.25, -0.2) is 4.99 Å². The minimum absolute atomic E-state index is 0.00511.